The van der Waals surface area contributed by atoms with E-state index in [1.165, 1.54) is 23.8 Å². The summed E-state index contributed by atoms with van der Waals surface area (Å²) in [5.41, 5.74) is 0.627. The topological polar surface area (TPSA) is 74.6 Å². The normalized spacial score (nSPS) is 10.6. The fourth-order valence-corrected chi connectivity index (χ4v) is 1.55. The zero-order valence-corrected chi connectivity index (χ0v) is 11.7. The second kappa shape index (κ2) is 7.28. The molecule has 0 aromatic carbocycles. The molecule has 0 N–H and O–H groups in total. The first-order valence-electron chi connectivity index (χ1n) is 6.11. The van der Waals surface area contributed by atoms with E-state index in [2.05, 4.69) is 4.74 Å². The Hall–Kier alpha value is -2.37. The number of pyridine rings is 1. The summed E-state index contributed by atoms with van der Waals surface area (Å²) in [4.78, 5) is 34.6. The van der Waals surface area contributed by atoms with Crippen LogP contribution in [-0.2, 0) is 25.6 Å². The molecule has 1 rings (SSSR count). The quantitative estimate of drug-likeness (QED) is 0.591. The molecule has 0 amide bonds. The molecule has 0 unspecified atom stereocenters. The van der Waals surface area contributed by atoms with E-state index in [9.17, 15) is 14.4 Å². The number of hydrogen-bond donors (Lipinski definition) is 0. The van der Waals surface area contributed by atoms with Gasteiger partial charge in [0.25, 0.3) is 5.56 Å². The number of ether oxygens (including phenoxy) is 2. The van der Waals surface area contributed by atoms with E-state index in [1.807, 2.05) is 0 Å². The van der Waals surface area contributed by atoms with E-state index in [0.717, 1.165) is 0 Å². The minimum Gasteiger partial charge on any atom is -0.468 e. The average Bonchev–Trinajstić information content (AvgIpc) is 2.43. The van der Waals surface area contributed by atoms with Crippen LogP contribution in [0.2, 0.25) is 0 Å². The molecule has 0 radical (unpaired) electrons. The fourth-order valence-electron chi connectivity index (χ4n) is 1.55. The molecular weight excluding hydrogens is 262 g/mol. The van der Waals surface area contributed by atoms with E-state index in [1.54, 1.807) is 26.0 Å². The van der Waals surface area contributed by atoms with E-state index in [-0.39, 0.29) is 18.7 Å². The lowest BCUT2D eigenvalue weighted by molar-refractivity contribution is -0.141. The third-order valence-corrected chi connectivity index (χ3v) is 2.59. The first-order valence-corrected chi connectivity index (χ1v) is 6.11. The van der Waals surface area contributed by atoms with Crippen molar-refractivity contribution in [3.63, 3.8) is 0 Å². The SMILES string of the molecule is CCOC(=O)/C=C/c1ccc(C)c(=O)n1CC(=O)OC. The van der Waals surface area contributed by atoms with Crippen LogP contribution in [0.15, 0.2) is 23.0 Å². The molecule has 1 aromatic heterocycles. The molecule has 6 nitrogen and oxygen atoms in total. The molecule has 0 spiro atoms. The first kappa shape index (κ1) is 15.7. The van der Waals surface area contributed by atoms with Crippen molar-refractivity contribution in [2.75, 3.05) is 13.7 Å². The van der Waals surface area contributed by atoms with E-state index in [4.69, 9.17) is 4.74 Å². The highest BCUT2D eigenvalue weighted by Crippen LogP contribution is 2.03. The van der Waals surface area contributed by atoms with Crippen molar-refractivity contribution in [2.45, 2.75) is 20.4 Å². The van der Waals surface area contributed by atoms with Crippen molar-refractivity contribution in [3.05, 3.63) is 39.8 Å². The highest BCUT2D eigenvalue weighted by atomic mass is 16.5. The predicted molar refractivity (Wildman–Crippen MR) is 73.1 cm³/mol. The Balaban J connectivity index is 3.12. The molecular formula is C14H17NO5. The van der Waals surface area contributed by atoms with Gasteiger partial charge >= 0.3 is 11.9 Å². The number of esters is 2. The van der Waals surface area contributed by atoms with Crippen LogP contribution >= 0.6 is 0 Å². The maximum atomic E-state index is 12.0. The minimum absolute atomic E-state index is 0.209. The van der Waals surface area contributed by atoms with Crippen LogP contribution in [0.1, 0.15) is 18.2 Å². The van der Waals surface area contributed by atoms with Crippen molar-refractivity contribution < 1.29 is 19.1 Å². The fraction of sp³-hybridized carbons (Fsp3) is 0.357. The Bertz CT molecular complexity index is 586. The molecule has 6 heteroatoms. The predicted octanol–water partition coefficient (Wildman–Crippen LogP) is 0.906. The van der Waals surface area contributed by atoms with E-state index >= 15 is 0 Å². The molecule has 0 aliphatic rings. The third-order valence-electron chi connectivity index (χ3n) is 2.59. The molecule has 0 saturated carbocycles. The lowest BCUT2D eigenvalue weighted by atomic mass is 10.2. The van der Waals surface area contributed by atoms with Crippen molar-refractivity contribution in [1.29, 1.82) is 0 Å². The maximum absolute atomic E-state index is 12.0. The van der Waals surface area contributed by atoms with Crippen LogP contribution < -0.4 is 5.56 Å². The highest BCUT2D eigenvalue weighted by molar-refractivity contribution is 5.86. The Morgan fingerprint density at radius 3 is 2.65 bits per heavy atom. The molecule has 0 atom stereocenters. The summed E-state index contributed by atoms with van der Waals surface area (Å²) in [6.07, 6.45) is 2.64. The number of carbonyl (C=O) groups is 2. The molecule has 0 saturated heterocycles. The van der Waals surface area contributed by atoms with Crippen LogP contribution in [0.25, 0.3) is 6.08 Å². The number of carbonyl (C=O) groups excluding carboxylic acids is 2. The smallest absolute Gasteiger partial charge is 0.330 e. The zero-order chi connectivity index (χ0) is 15.1. The summed E-state index contributed by atoms with van der Waals surface area (Å²) in [5.74, 6) is -1.05. The summed E-state index contributed by atoms with van der Waals surface area (Å²) in [5, 5.41) is 0. The molecule has 1 aromatic rings. The molecule has 20 heavy (non-hydrogen) atoms. The number of aromatic nitrogens is 1. The van der Waals surface area contributed by atoms with Gasteiger partial charge in [-0.2, -0.15) is 0 Å². The second-order valence-electron chi connectivity index (χ2n) is 3.99. The number of aryl methyl sites for hydroxylation is 1. The summed E-state index contributed by atoms with van der Waals surface area (Å²) in [6, 6.07) is 3.27. The number of hydrogen-bond acceptors (Lipinski definition) is 5. The van der Waals surface area contributed by atoms with Crippen LogP contribution in [-0.4, -0.2) is 30.2 Å². The van der Waals surface area contributed by atoms with E-state index in [0.29, 0.717) is 11.3 Å². The number of rotatable bonds is 5. The Kier molecular flexibility index (Phi) is 5.71. The van der Waals surface area contributed by atoms with Gasteiger partial charge in [-0.05, 0) is 26.0 Å². The summed E-state index contributed by atoms with van der Waals surface area (Å²) in [7, 11) is 1.25. The van der Waals surface area contributed by atoms with Gasteiger partial charge in [-0.15, -0.1) is 0 Å². The van der Waals surface area contributed by atoms with Gasteiger partial charge in [0.2, 0.25) is 0 Å². The third kappa shape index (κ3) is 4.08. The monoisotopic (exact) mass is 279 g/mol. The minimum atomic E-state index is -0.538. The first-order chi connectivity index (χ1) is 9.49. The molecule has 0 aliphatic heterocycles. The van der Waals surface area contributed by atoms with Crippen LogP contribution in [0, 0.1) is 6.92 Å². The van der Waals surface area contributed by atoms with E-state index < -0.39 is 11.9 Å². The summed E-state index contributed by atoms with van der Waals surface area (Å²) < 4.78 is 10.6. The molecule has 0 aliphatic carbocycles. The van der Waals surface area contributed by atoms with Crippen molar-refractivity contribution in [1.82, 2.24) is 4.57 Å². The standard InChI is InChI=1S/C14H17NO5/c1-4-20-12(16)8-7-11-6-5-10(2)14(18)15(11)9-13(17)19-3/h5-8H,4,9H2,1-3H3/b8-7+. The van der Waals surface area contributed by atoms with Gasteiger partial charge in [0.05, 0.1) is 13.7 Å². The molecule has 0 bridgehead atoms. The summed E-state index contributed by atoms with van der Waals surface area (Å²) >= 11 is 0. The Morgan fingerprint density at radius 1 is 1.35 bits per heavy atom. The van der Waals surface area contributed by atoms with Gasteiger partial charge < -0.3 is 9.47 Å². The van der Waals surface area contributed by atoms with Gasteiger partial charge in [0.15, 0.2) is 0 Å². The largest absolute Gasteiger partial charge is 0.468 e. The maximum Gasteiger partial charge on any atom is 0.330 e. The Morgan fingerprint density at radius 2 is 2.05 bits per heavy atom. The second-order valence-corrected chi connectivity index (χ2v) is 3.99. The van der Waals surface area contributed by atoms with Crippen LogP contribution in [0.5, 0.6) is 0 Å². The van der Waals surface area contributed by atoms with Crippen molar-refractivity contribution >= 4 is 18.0 Å². The summed E-state index contributed by atoms with van der Waals surface area (Å²) in [6.45, 7) is 3.41. The highest BCUT2D eigenvalue weighted by Gasteiger charge is 2.09. The zero-order valence-electron chi connectivity index (χ0n) is 11.7. The molecule has 1 heterocycles. The van der Waals surface area contributed by atoms with Crippen LogP contribution in [0.3, 0.4) is 0 Å². The number of nitrogens with zero attached hydrogens (tertiary/aromatic N) is 1. The number of methoxy groups -OCH3 is 1. The lowest BCUT2D eigenvalue weighted by Gasteiger charge is -2.09. The van der Waals surface area contributed by atoms with Gasteiger partial charge in [0, 0.05) is 17.3 Å². The van der Waals surface area contributed by atoms with Gasteiger partial charge in [-0.1, -0.05) is 6.07 Å². The van der Waals surface area contributed by atoms with Gasteiger partial charge in [0.1, 0.15) is 6.54 Å². The average molecular weight is 279 g/mol. The van der Waals surface area contributed by atoms with Gasteiger partial charge in [-0.25, -0.2) is 4.79 Å². The lowest BCUT2D eigenvalue weighted by Crippen LogP contribution is -2.28. The molecule has 108 valence electrons. The van der Waals surface area contributed by atoms with Crippen LogP contribution in [0.4, 0.5) is 0 Å². The molecule has 0 fully saturated rings. The van der Waals surface area contributed by atoms with Crippen molar-refractivity contribution in [2.24, 2.45) is 0 Å². The van der Waals surface area contributed by atoms with Crippen molar-refractivity contribution in [3.8, 4) is 0 Å². The van der Waals surface area contributed by atoms with Gasteiger partial charge in [-0.3, -0.25) is 14.2 Å². The Labute approximate surface area is 116 Å².